The van der Waals surface area contributed by atoms with Gasteiger partial charge < -0.3 is 4.42 Å². The quantitative estimate of drug-likeness (QED) is 0.487. The Kier molecular flexibility index (Phi) is 3.57. The van der Waals surface area contributed by atoms with Crippen molar-refractivity contribution in [3.8, 4) is 34.8 Å². The number of para-hydroxylation sites is 2. The van der Waals surface area contributed by atoms with E-state index in [1.165, 1.54) is 0 Å². The van der Waals surface area contributed by atoms with Crippen LogP contribution in [0.3, 0.4) is 0 Å². The standard InChI is InChI=1S/C19H11N7O/c1-2-7-14-13(6-1)23-19(27-14)18-25-15(12-5-3-8-20-11-12)24-17(26-18)16-21-9-4-10-22-16/h1-11H. The van der Waals surface area contributed by atoms with Crippen molar-refractivity contribution in [1.29, 1.82) is 0 Å². The van der Waals surface area contributed by atoms with E-state index in [2.05, 4.69) is 34.9 Å². The highest BCUT2D eigenvalue weighted by Gasteiger charge is 2.17. The second-order valence-corrected chi connectivity index (χ2v) is 5.61. The number of rotatable bonds is 3. The number of nitrogens with zero attached hydrogens (tertiary/aromatic N) is 7. The summed E-state index contributed by atoms with van der Waals surface area (Å²) >= 11 is 0. The topological polar surface area (TPSA) is 103 Å². The van der Waals surface area contributed by atoms with E-state index in [0.29, 0.717) is 34.8 Å². The molecule has 0 radical (unpaired) electrons. The van der Waals surface area contributed by atoms with E-state index in [1.807, 2.05) is 36.4 Å². The van der Waals surface area contributed by atoms with Gasteiger partial charge in [-0.1, -0.05) is 12.1 Å². The molecule has 0 bridgehead atoms. The molecule has 0 amide bonds. The van der Waals surface area contributed by atoms with E-state index in [-0.39, 0.29) is 0 Å². The van der Waals surface area contributed by atoms with Crippen LogP contribution in [-0.2, 0) is 0 Å². The maximum Gasteiger partial charge on any atom is 0.266 e. The van der Waals surface area contributed by atoms with Crippen LogP contribution in [0.5, 0.6) is 0 Å². The van der Waals surface area contributed by atoms with Gasteiger partial charge in [0.05, 0.1) is 0 Å². The second-order valence-electron chi connectivity index (χ2n) is 5.61. The lowest BCUT2D eigenvalue weighted by atomic mass is 10.2. The number of hydrogen-bond acceptors (Lipinski definition) is 8. The molecule has 5 rings (SSSR count). The molecule has 8 nitrogen and oxygen atoms in total. The number of oxazole rings is 1. The van der Waals surface area contributed by atoms with Crippen molar-refractivity contribution in [1.82, 2.24) is 34.9 Å². The minimum Gasteiger partial charge on any atom is -0.434 e. The molecule has 8 heteroatoms. The maximum absolute atomic E-state index is 5.82. The smallest absolute Gasteiger partial charge is 0.266 e. The summed E-state index contributed by atoms with van der Waals surface area (Å²) in [6, 6.07) is 12.9. The van der Waals surface area contributed by atoms with Crippen LogP contribution in [-0.4, -0.2) is 34.9 Å². The molecule has 0 atom stereocenters. The summed E-state index contributed by atoms with van der Waals surface area (Å²) in [7, 11) is 0. The Morgan fingerprint density at radius 2 is 1.44 bits per heavy atom. The van der Waals surface area contributed by atoms with Gasteiger partial charge in [0, 0.05) is 30.4 Å². The van der Waals surface area contributed by atoms with E-state index in [4.69, 9.17) is 4.42 Å². The van der Waals surface area contributed by atoms with Crippen LogP contribution in [0, 0.1) is 0 Å². The van der Waals surface area contributed by atoms with Crippen molar-refractivity contribution in [2.45, 2.75) is 0 Å². The molecule has 0 aliphatic carbocycles. The van der Waals surface area contributed by atoms with Crippen LogP contribution >= 0.6 is 0 Å². The lowest BCUT2D eigenvalue weighted by molar-refractivity contribution is 0.612. The minimum atomic E-state index is 0.306. The molecular weight excluding hydrogens is 342 g/mol. The summed E-state index contributed by atoms with van der Waals surface area (Å²) in [4.78, 5) is 30.6. The van der Waals surface area contributed by atoms with Gasteiger partial charge in [-0.15, -0.1) is 0 Å². The van der Waals surface area contributed by atoms with Crippen molar-refractivity contribution >= 4 is 11.1 Å². The fourth-order valence-electron chi connectivity index (χ4n) is 2.58. The number of fused-ring (bicyclic) bond motifs is 1. The number of aromatic nitrogens is 7. The van der Waals surface area contributed by atoms with Crippen LogP contribution in [0.15, 0.2) is 71.7 Å². The third-order valence-corrected chi connectivity index (χ3v) is 3.81. The highest BCUT2D eigenvalue weighted by Crippen LogP contribution is 2.25. The van der Waals surface area contributed by atoms with Gasteiger partial charge in [0.15, 0.2) is 17.2 Å². The molecule has 0 aliphatic heterocycles. The Bertz CT molecular complexity index is 1130. The molecule has 4 aromatic heterocycles. The summed E-state index contributed by atoms with van der Waals surface area (Å²) in [6.45, 7) is 0. The van der Waals surface area contributed by atoms with Crippen LogP contribution < -0.4 is 0 Å². The number of pyridine rings is 1. The molecule has 1 aromatic carbocycles. The van der Waals surface area contributed by atoms with Crippen molar-refractivity contribution in [3.63, 3.8) is 0 Å². The molecule has 0 aliphatic rings. The van der Waals surface area contributed by atoms with E-state index in [0.717, 1.165) is 11.1 Å². The van der Waals surface area contributed by atoms with E-state index < -0.39 is 0 Å². The number of hydrogen-bond donors (Lipinski definition) is 0. The zero-order chi connectivity index (χ0) is 18.1. The lowest BCUT2D eigenvalue weighted by Crippen LogP contribution is -2.02. The summed E-state index contributed by atoms with van der Waals surface area (Å²) < 4.78 is 5.82. The summed E-state index contributed by atoms with van der Waals surface area (Å²) in [6.07, 6.45) is 6.64. The summed E-state index contributed by atoms with van der Waals surface area (Å²) in [5, 5.41) is 0. The van der Waals surface area contributed by atoms with Gasteiger partial charge in [0.25, 0.3) is 5.89 Å². The third kappa shape index (κ3) is 2.89. The molecule has 0 spiro atoms. The second kappa shape index (κ2) is 6.34. The first kappa shape index (κ1) is 15.2. The monoisotopic (exact) mass is 353 g/mol. The van der Waals surface area contributed by atoms with Gasteiger partial charge in [0.1, 0.15) is 5.52 Å². The number of benzene rings is 1. The largest absolute Gasteiger partial charge is 0.434 e. The van der Waals surface area contributed by atoms with Crippen LogP contribution in [0.1, 0.15) is 0 Å². The van der Waals surface area contributed by atoms with Crippen LogP contribution in [0.25, 0.3) is 45.9 Å². The van der Waals surface area contributed by atoms with Gasteiger partial charge in [-0.25, -0.2) is 29.9 Å². The predicted molar refractivity (Wildman–Crippen MR) is 97.1 cm³/mol. The van der Waals surface area contributed by atoms with Gasteiger partial charge in [0.2, 0.25) is 11.6 Å². The third-order valence-electron chi connectivity index (χ3n) is 3.81. The van der Waals surface area contributed by atoms with E-state index in [9.17, 15) is 0 Å². The van der Waals surface area contributed by atoms with E-state index >= 15 is 0 Å². The summed E-state index contributed by atoms with van der Waals surface area (Å²) in [5.41, 5.74) is 2.14. The first-order valence-corrected chi connectivity index (χ1v) is 8.17. The Balaban J connectivity index is 1.72. The Morgan fingerprint density at radius 1 is 0.630 bits per heavy atom. The molecule has 27 heavy (non-hydrogen) atoms. The summed E-state index contributed by atoms with van der Waals surface area (Å²) in [5.74, 6) is 1.78. The van der Waals surface area contributed by atoms with Crippen molar-refractivity contribution in [2.24, 2.45) is 0 Å². The van der Waals surface area contributed by atoms with Crippen LogP contribution in [0.2, 0.25) is 0 Å². The maximum atomic E-state index is 5.82. The Labute approximate surface area is 153 Å². The molecule has 0 N–H and O–H groups in total. The first-order chi connectivity index (χ1) is 13.4. The van der Waals surface area contributed by atoms with Gasteiger partial charge in [-0.3, -0.25) is 4.98 Å². The van der Waals surface area contributed by atoms with Gasteiger partial charge in [-0.2, -0.15) is 0 Å². The zero-order valence-electron chi connectivity index (χ0n) is 13.9. The van der Waals surface area contributed by atoms with Gasteiger partial charge >= 0.3 is 0 Å². The predicted octanol–water partition coefficient (Wildman–Crippen LogP) is 3.20. The highest BCUT2D eigenvalue weighted by molar-refractivity contribution is 5.75. The normalized spacial score (nSPS) is 11.0. The van der Waals surface area contributed by atoms with Gasteiger partial charge in [-0.05, 0) is 30.3 Å². The zero-order valence-corrected chi connectivity index (χ0v) is 13.9. The SMILES string of the molecule is c1cnc(-c2nc(-c3cccnc3)nc(-c3nc4ccccc4o3)n2)nc1. The molecule has 0 saturated carbocycles. The molecule has 0 fully saturated rings. The minimum absolute atomic E-state index is 0.306. The Hall–Kier alpha value is -4.07. The fraction of sp³-hybridized carbons (Fsp3) is 0. The lowest BCUT2D eigenvalue weighted by Gasteiger charge is -2.04. The molecule has 0 unspecified atom stereocenters. The molecular formula is C19H11N7O. The average Bonchev–Trinajstić information content (AvgIpc) is 3.19. The molecule has 128 valence electrons. The van der Waals surface area contributed by atoms with Crippen LogP contribution in [0.4, 0.5) is 0 Å². The Morgan fingerprint density at radius 3 is 2.26 bits per heavy atom. The van der Waals surface area contributed by atoms with E-state index in [1.54, 1.807) is 30.9 Å². The first-order valence-electron chi connectivity index (χ1n) is 8.17. The molecule has 4 heterocycles. The van der Waals surface area contributed by atoms with Crippen molar-refractivity contribution in [2.75, 3.05) is 0 Å². The fourth-order valence-corrected chi connectivity index (χ4v) is 2.58. The molecule has 0 saturated heterocycles. The average molecular weight is 353 g/mol. The van der Waals surface area contributed by atoms with Crippen molar-refractivity contribution < 1.29 is 4.42 Å². The van der Waals surface area contributed by atoms with Crippen molar-refractivity contribution in [3.05, 3.63) is 67.3 Å². The molecule has 5 aromatic rings. The highest BCUT2D eigenvalue weighted by atomic mass is 16.3.